The number of carbonyl (C=O) groups excluding carboxylic acids is 1. The molecule has 2 aliphatic carbocycles. The Morgan fingerprint density at radius 3 is 2.24 bits per heavy atom. The average molecular weight is 409 g/mol. The van der Waals surface area contributed by atoms with E-state index in [1.807, 2.05) is 7.11 Å². The van der Waals surface area contributed by atoms with Crippen molar-refractivity contribution < 1.29 is 9.53 Å². The minimum absolute atomic E-state index is 0.205. The van der Waals surface area contributed by atoms with Gasteiger partial charge in [0.1, 0.15) is 6.29 Å². The molecule has 1 unspecified atom stereocenters. The second-order valence-electron chi connectivity index (χ2n) is 9.76. The number of carbonyl (C=O) groups is 1. The van der Waals surface area contributed by atoms with Crippen molar-refractivity contribution in [3.8, 4) is 0 Å². The first-order chi connectivity index (χ1) is 14.1. The second kappa shape index (κ2) is 11.6. The lowest BCUT2D eigenvalue weighted by Gasteiger charge is -2.40. The maximum atomic E-state index is 12.4. The summed E-state index contributed by atoms with van der Waals surface area (Å²) in [5.41, 5.74) is 0. The lowest BCUT2D eigenvalue weighted by atomic mass is 9.78. The molecule has 3 fully saturated rings. The fourth-order valence-corrected chi connectivity index (χ4v) is 5.25. The van der Waals surface area contributed by atoms with Crippen LogP contribution in [0.2, 0.25) is 0 Å². The van der Waals surface area contributed by atoms with E-state index in [4.69, 9.17) is 4.74 Å². The van der Waals surface area contributed by atoms with Crippen molar-refractivity contribution in [2.45, 2.75) is 90.1 Å². The van der Waals surface area contributed by atoms with Crippen LogP contribution in [0, 0.1) is 23.7 Å². The molecule has 2 saturated carbocycles. The molecule has 1 atom stereocenters. The maximum absolute atomic E-state index is 12.4. The van der Waals surface area contributed by atoms with E-state index in [-0.39, 0.29) is 18.1 Å². The summed E-state index contributed by atoms with van der Waals surface area (Å²) in [6.45, 7) is 7.38. The number of methoxy groups -OCH3 is 1. The smallest absolute Gasteiger partial charge is 0.223 e. The number of hydrogen-bond donors (Lipinski definition) is 4. The molecule has 0 aromatic rings. The Hall–Kier alpha value is -0.690. The number of amides is 1. The Morgan fingerprint density at radius 2 is 1.66 bits per heavy atom. The summed E-state index contributed by atoms with van der Waals surface area (Å²) < 4.78 is 5.51. The number of ether oxygens (including phenoxy) is 1. The summed E-state index contributed by atoms with van der Waals surface area (Å²) in [5, 5.41) is 14.3. The third-order valence-corrected chi connectivity index (χ3v) is 7.71. The predicted molar refractivity (Wildman–Crippen MR) is 117 cm³/mol. The van der Waals surface area contributed by atoms with Crippen LogP contribution in [0.3, 0.4) is 0 Å². The molecule has 6 nitrogen and oxygen atoms in total. The lowest BCUT2D eigenvalue weighted by Crippen LogP contribution is -2.63. The van der Waals surface area contributed by atoms with Gasteiger partial charge in [-0.1, -0.05) is 20.3 Å². The Kier molecular flexibility index (Phi) is 9.22. The molecular weight excluding hydrogens is 364 g/mol. The monoisotopic (exact) mass is 408 g/mol. The van der Waals surface area contributed by atoms with E-state index in [1.165, 1.54) is 25.7 Å². The van der Waals surface area contributed by atoms with E-state index in [2.05, 4.69) is 35.1 Å². The zero-order valence-electron chi connectivity index (χ0n) is 18.8. The molecule has 29 heavy (non-hydrogen) atoms. The SMILES string of the molecule is CCC(C)CNC(=O)C1CCC(NC2NCC(C3CCC(OC)CC3)CN2)CC1. The Bertz CT molecular complexity index is 479. The standard InChI is InChI=1S/C23H44N4O2/c1-4-16(2)13-24-22(28)18-5-9-20(10-6-18)27-23-25-14-19(15-26-23)17-7-11-21(29-3)12-8-17/h16-21,23,25-27H,4-15H2,1-3H3,(H,24,28). The minimum atomic E-state index is 0.205. The highest BCUT2D eigenvalue weighted by Crippen LogP contribution is 2.32. The first-order valence-electron chi connectivity index (χ1n) is 12.1. The van der Waals surface area contributed by atoms with Gasteiger partial charge in [-0.3, -0.25) is 20.7 Å². The van der Waals surface area contributed by atoms with Gasteiger partial charge in [0.15, 0.2) is 0 Å². The van der Waals surface area contributed by atoms with E-state index < -0.39 is 0 Å². The van der Waals surface area contributed by atoms with Gasteiger partial charge in [0.05, 0.1) is 6.10 Å². The van der Waals surface area contributed by atoms with Crippen LogP contribution in [0.1, 0.15) is 71.6 Å². The third-order valence-electron chi connectivity index (χ3n) is 7.71. The Morgan fingerprint density at radius 1 is 1.00 bits per heavy atom. The van der Waals surface area contributed by atoms with E-state index in [0.29, 0.717) is 18.1 Å². The van der Waals surface area contributed by atoms with Crippen molar-refractivity contribution in [2.24, 2.45) is 23.7 Å². The summed E-state index contributed by atoms with van der Waals surface area (Å²) >= 11 is 0. The van der Waals surface area contributed by atoms with E-state index in [0.717, 1.165) is 63.6 Å². The molecule has 1 saturated heterocycles. The summed E-state index contributed by atoms with van der Waals surface area (Å²) in [5.74, 6) is 2.60. The van der Waals surface area contributed by atoms with E-state index >= 15 is 0 Å². The topological polar surface area (TPSA) is 74.4 Å². The molecule has 0 aromatic carbocycles. The van der Waals surface area contributed by atoms with Crippen LogP contribution in [-0.4, -0.2) is 51.1 Å². The number of nitrogens with one attached hydrogen (secondary N) is 4. The largest absolute Gasteiger partial charge is 0.381 e. The molecule has 1 aliphatic heterocycles. The average Bonchev–Trinajstić information content (AvgIpc) is 2.78. The lowest BCUT2D eigenvalue weighted by molar-refractivity contribution is -0.126. The summed E-state index contributed by atoms with van der Waals surface area (Å²) in [7, 11) is 1.85. The first-order valence-corrected chi connectivity index (χ1v) is 12.1. The summed E-state index contributed by atoms with van der Waals surface area (Å²) in [4.78, 5) is 12.4. The van der Waals surface area contributed by atoms with Gasteiger partial charge in [-0.15, -0.1) is 0 Å². The predicted octanol–water partition coefficient (Wildman–Crippen LogP) is 2.59. The minimum Gasteiger partial charge on any atom is -0.381 e. The van der Waals surface area contributed by atoms with Crippen molar-refractivity contribution in [1.82, 2.24) is 21.3 Å². The molecule has 0 bridgehead atoms. The van der Waals surface area contributed by atoms with Crippen molar-refractivity contribution in [1.29, 1.82) is 0 Å². The molecule has 1 amide bonds. The zero-order chi connectivity index (χ0) is 20.6. The molecule has 6 heteroatoms. The van der Waals surface area contributed by atoms with Crippen LogP contribution in [0.25, 0.3) is 0 Å². The van der Waals surface area contributed by atoms with Gasteiger partial charge in [-0.25, -0.2) is 0 Å². The van der Waals surface area contributed by atoms with Gasteiger partial charge in [0, 0.05) is 38.7 Å². The van der Waals surface area contributed by atoms with Gasteiger partial charge in [0.2, 0.25) is 5.91 Å². The van der Waals surface area contributed by atoms with Crippen LogP contribution in [0.5, 0.6) is 0 Å². The molecule has 4 N–H and O–H groups in total. The van der Waals surface area contributed by atoms with Gasteiger partial charge in [-0.05, 0) is 69.1 Å². The molecule has 0 spiro atoms. The van der Waals surface area contributed by atoms with Gasteiger partial charge >= 0.3 is 0 Å². The number of rotatable bonds is 8. The fourth-order valence-electron chi connectivity index (χ4n) is 5.25. The number of hydrogen-bond acceptors (Lipinski definition) is 5. The van der Waals surface area contributed by atoms with Crippen LogP contribution >= 0.6 is 0 Å². The van der Waals surface area contributed by atoms with Gasteiger partial charge < -0.3 is 10.1 Å². The molecule has 0 aromatic heterocycles. The van der Waals surface area contributed by atoms with Crippen LogP contribution in [-0.2, 0) is 9.53 Å². The van der Waals surface area contributed by atoms with E-state index in [9.17, 15) is 4.79 Å². The van der Waals surface area contributed by atoms with E-state index in [1.54, 1.807) is 0 Å². The quantitative estimate of drug-likeness (QED) is 0.497. The zero-order valence-corrected chi connectivity index (χ0v) is 18.8. The fraction of sp³-hybridized carbons (Fsp3) is 0.957. The first kappa shape index (κ1) is 23.0. The van der Waals surface area contributed by atoms with Crippen LogP contribution in [0.15, 0.2) is 0 Å². The van der Waals surface area contributed by atoms with Gasteiger partial charge in [0.25, 0.3) is 0 Å². The molecule has 0 radical (unpaired) electrons. The van der Waals surface area contributed by atoms with Crippen molar-refractivity contribution in [3.63, 3.8) is 0 Å². The second-order valence-corrected chi connectivity index (χ2v) is 9.76. The third kappa shape index (κ3) is 6.91. The highest BCUT2D eigenvalue weighted by Gasteiger charge is 2.32. The normalized spacial score (nSPS) is 37.1. The van der Waals surface area contributed by atoms with Crippen molar-refractivity contribution in [3.05, 3.63) is 0 Å². The molecule has 168 valence electrons. The maximum Gasteiger partial charge on any atom is 0.223 e. The highest BCUT2D eigenvalue weighted by molar-refractivity contribution is 5.78. The molecule has 3 aliphatic rings. The summed E-state index contributed by atoms with van der Waals surface area (Å²) in [6, 6.07) is 0.507. The molecule has 3 rings (SSSR count). The summed E-state index contributed by atoms with van der Waals surface area (Å²) in [6.07, 6.45) is 11.0. The van der Waals surface area contributed by atoms with Crippen molar-refractivity contribution in [2.75, 3.05) is 26.7 Å². The van der Waals surface area contributed by atoms with Crippen molar-refractivity contribution >= 4 is 5.91 Å². The van der Waals surface area contributed by atoms with Gasteiger partial charge in [-0.2, -0.15) is 0 Å². The Balaban J connectivity index is 1.30. The van der Waals surface area contributed by atoms with Crippen LogP contribution < -0.4 is 21.3 Å². The highest BCUT2D eigenvalue weighted by atomic mass is 16.5. The molecule has 1 heterocycles. The van der Waals surface area contributed by atoms with Crippen LogP contribution in [0.4, 0.5) is 0 Å². The Labute approximate surface area is 177 Å². The molecular formula is C23H44N4O2.